The minimum Gasteiger partial charge on any atom is -0.435 e. The van der Waals surface area contributed by atoms with E-state index in [-0.39, 0.29) is 23.1 Å². The summed E-state index contributed by atoms with van der Waals surface area (Å²) in [5, 5.41) is 10.7. The van der Waals surface area contributed by atoms with E-state index in [0.29, 0.717) is 16.9 Å². The Hall–Kier alpha value is -3.28. The first-order valence-electron chi connectivity index (χ1n) is 6.55. The highest BCUT2D eigenvalue weighted by atomic mass is 16.6. The van der Waals surface area contributed by atoms with E-state index in [4.69, 9.17) is 4.42 Å². The first-order chi connectivity index (χ1) is 10.6. The fourth-order valence-electron chi connectivity index (χ4n) is 2.51. The Morgan fingerprint density at radius 2 is 1.68 bits per heavy atom. The second kappa shape index (κ2) is 4.36. The predicted molar refractivity (Wildman–Crippen MR) is 77.5 cm³/mol. The standard InChI is InChI=1S/C16H8N2O4/c19-14-11-3-1-2-4-12(11)15-13(14)17-16(22-15)9-5-7-10(8-6-9)18(20)21/h1-8H. The molecule has 2 aromatic carbocycles. The maximum atomic E-state index is 12.3. The van der Waals surface area contributed by atoms with Crippen LogP contribution in [0.2, 0.25) is 0 Å². The van der Waals surface area contributed by atoms with Gasteiger partial charge in [-0.25, -0.2) is 4.98 Å². The lowest BCUT2D eigenvalue weighted by Gasteiger charge is -1.98. The molecule has 0 aliphatic heterocycles. The molecule has 0 N–H and O–H groups in total. The van der Waals surface area contributed by atoms with Crippen molar-refractivity contribution in [3.05, 3.63) is 69.9 Å². The van der Waals surface area contributed by atoms with Crippen LogP contribution in [-0.4, -0.2) is 15.7 Å². The van der Waals surface area contributed by atoms with Gasteiger partial charge in [-0.05, 0) is 12.1 Å². The molecule has 6 heteroatoms. The second-order valence-corrected chi connectivity index (χ2v) is 4.88. The van der Waals surface area contributed by atoms with Gasteiger partial charge in [0.25, 0.3) is 5.69 Å². The highest BCUT2D eigenvalue weighted by molar-refractivity contribution is 6.19. The number of oxazole rings is 1. The van der Waals surface area contributed by atoms with Crippen molar-refractivity contribution in [1.82, 2.24) is 4.98 Å². The molecule has 1 aromatic heterocycles. The van der Waals surface area contributed by atoms with Crippen molar-refractivity contribution in [2.24, 2.45) is 0 Å². The Morgan fingerprint density at radius 1 is 1.00 bits per heavy atom. The zero-order valence-electron chi connectivity index (χ0n) is 11.1. The molecular formula is C16H8N2O4. The summed E-state index contributed by atoms with van der Waals surface area (Å²) < 4.78 is 5.71. The Kier molecular flexibility index (Phi) is 2.47. The van der Waals surface area contributed by atoms with Gasteiger partial charge in [-0.2, -0.15) is 0 Å². The third kappa shape index (κ3) is 1.67. The molecule has 0 bridgehead atoms. The van der Waals surface area contributed by atoms with Gasteiger partial charge in [-0.15, -0.1) is 0 Å². The summed E-state index contributed by atoms with van der Waals surface area (Å²) in [5.41, 5.74) is 2.17. The number of fused-ring (bicyclic) bond motifs is 3. The van der Waals surface area contributed by atoms with Crippen LogP contribution in [0.1, 0.15) is 16.1 Å². The van der Waals surface area contributed by atoms with Crippen LogP contribution in [0.25, 0.3) is 22.8 Å². The molecule has 0 unspecified atom stereocenters. The van der Waals surface area contributed by atoms with Gasteiger partial charge in [0, 0.05) is 28.8 Å². The first kappa shape index (κ1) is 12.5. The molecular weight excluding hydrogens is 284 g/mol. The van der Waals surface area contributed by atoms with Crippen LogP contribution >= 0.6 is 0 Å². The van der Waals surface area contributed by atoms with Gasteiger partial charge < -0.3 is 4.42 Å². The van der Waals surface area contributed by atoms with E-state index in [9.17, 15) is 14.9 Å². The SMILES string of the molecule is O=C1c2ccccc2-c2oc(-c3ccc([N+](=O)[O-])cc3)nc21. The van der Waals surface area contributed by atoms with E-state index in [0.717, 1.165) is 5.56 Å². The number of carbonyl (C=O) groups is 1. The summed E-state index contributed by atoms with van der Waals surface area (Å²) in [6, 6.07) is 13.0. The molecule has 0 fully saturated rings. The van der Waals surface area contributed by atoms with E-state index in [2.05, 4.69) is 4.98 Å². The Balaban J connectivity index is 1.80. The molecule has 0 radical (unpaired) electrons. The summed E-state index contributed by atoms with van der Waals surface area (Å²) in [6.45, 7) is 0. The molecule has 0 amide bonds. The van der Waals surface area contributed by atoms with Crippen molar-refractivity contribution < 1.29 is 14.1 Å². The number of nitro benzene ring substituents is 1. The number of ketones is 1. The van der Waals surface area contributed by atoms with E-state index in [1.807, 2.05) is 12.1 Å². The van der Waals surface area contributed by atoms with Crippen molar-refractivity contribution >= 4 is 11.5 Å². The number of benzene rings is 2. The Bertz CT molecular complexity index is 926. The highest BCUT2D eigenvalue weighted by Gasteiger charge is 2.32. The zero-order chi connectivity index (χ0) is 15.3. The van der Waals surface area contributed by atoms with E-state index in [1.54, 1.807) is 24.3 Å². The molecule has 4 rings (SSSR count). The molecule has 1 heterocycles. The van der Waals surface area contributed by atoms with Crippen LogP contribution in [0.3, 0.4) is 0 Å². The monoisotopic (exact) mass is 292 g/mol. The van der Waals surface area contributed by atoms with E-state index >= 15 is 0 Å². The van der Waals surface area contributed by atoms with Crippen LogP contribution in [0.4, 0.5) is 5.69 Å². The lowest BCUT2D eigenvalue weighted by Crippen LogP contribution is -1.96. The topological polar surface area (TPSA) is 86.2 Å². The van der Waals surface area contributed by atoms with Gasteiger partial charge in [0.2, 0.25) is 11.7 Å². The first-order valence-corrected chi connectivity index (χ1v) is 6.55. The summed E-state index contributed by atoms with van der Waals surface area (Å²) in [6.07, 6.45) is 0. The molecule has 106 valence electrons. The number of aromatic nitrogens is 1. The summed E-state index contributed by atoms with van der Waals surface area (Å²) in [4.78, 5) is 26.7. The van der Waals surface area contributed by atoms with Gasteiger partial charge in [0.15, 0.2) is 11.5 Å². The zero-order valence-corrected chi connectivity index (χ0v) is 11.1. The molecule has 1 aliphatic carbocycles. The van der Waals surface area contributed by atoms with Crippen LogP contribution < -0.4 is 0 Å². The maximum absolute atomic E-state index is 12.3. The van der Waals surface area contributed by atoms with Crippen LogP contribution in [-0.2, 0) is 0 Å². The normalized spacial score (nSPS) is 12.1. The minimum atomic E-state index is -0.473. The van der Waals surface area contributed by atoms with Crippen molar-refractivity contribution in [2.45, 2.75) is 0 Å². The quantitative estimate of drug-likeness (QED) is 0.417. The van der Waals surface area contributed by atoms with Gasteiger partial charge in [0.05, 0.1) is 4.92 Å². The minimum absolute atomic E-state index is 0.00994. The van der Waals surface area contributed by atoms with E-state index in [1.165, 1.54) is 12.1 Å². The lowest BCUT2D eigenvalue weighted by atomic mass is 10.1. The smallest absolute Gasteiger partial charge is 0.269 e. The largest absolute Gasteiger partial charge is 0.435 e. The summed E-state index contributed by atoms with van der Waals surface area (Å²) in [5.74, 6) is 0.569. The third-order valence-electron chi connectivity index (χ3n) is 3.58. The third-order valence-corrected chi connectivity index (χ3v) is 3.58. The van der Waals surface area contributed by atoms with Crippen molar-refractivity contribution in [1.29, 1.82) is 0 Å². The van der Waals surface area contributed by atoms with Gasteiger partial charge in [-0.3, -0.25) is 14.9 Å². The predicted octanol–water partition coefficient (Wildman–Crippen LogP) is 3.46. The summed E-state index contributed by atoms with van der Waals surface area (Å²) >= 11 is 0. The van der Waals surface area contributed by atoms with Crippen molar-refractivity contribution in [2.75, 3.05) is 0 Å². The molecule has 0 saturated carbocycles. The molecule has 3 aromatic rings. The molecule has 6 nitrogen and oxygen atoms in total. The second-order valence-electron chi connectivity index (χ2n) is 4.88. The fourth-order valence-corrected chi connectivity index (χ4v) is 2.51. The van der Waals surface area contributed by atoms with Gasteiger partial charge in [-0.1, -0.05) is 24.3 Å². The Morgan fingerprint density at radius 3 is 2.36 bits per heavy atom. The fraction of sp³-hybridized carbons (Fsp3) is 0. The average molecular weight is 292 g/mol. The highest BCUT2D eigenvalue weighted by Crippen LogP contribution is 2.38. The number of carbonyl (C=O) groups excluding carboxylic acids is 1. The summed E-state index contributed by atoms with van der Waals surface area (Å²) in [7, 11) is 0. The number of hydrogen-bond acceptors (Lipinski definition) is 5. The lowest BCUT2D eigenvalue weighted by molar-refractivity contribution is -0.384. The van der Waals surface area contributed by atoms with Gasteiger partial charge >= 0.3 is 0 Å². The van der Waals surface area contributed by atoms with E-state index < -0.39 is 4.92 Å². The van der Waals surface area contributed by atoms with Crippen molar-refractivity contribution in [3.8, 4) is 22.8 Å². The number of nitro groups is 1. The number of rotatable bonds is 2. The Labute approximate surface area is 124 Å². The number of non-ortho nitro benzene ring substituents is 1. The van der Waals surface area contributed by atoms with Crippen LogP contribution in [0.15, 0.2) is 52.9 Å². The van der Waals surface area contributed by atoms with Crippen LogP contribution in [0.5, 0.6) is 0 Å². The molecule has 0 spiro atoms. The maximum Gasteiger partial charge on any atom is 0.269 e. The molecule has 22 heavy (non-hydrogen) atoms. The number of nitrogens with zero attached hydrogens (tertiary/aromatic N) is 2. The molecule has 0 saturated heterocycles. The average Bonchev–Trinajstić information content (AvgIpc) is 3.08. The van der Waals surface area contributed by atoms with Crippen LogP contribution in [0, 0.1) is 10.1 Å². The van der Waals surface area contributed by atoms with Gasteiger partial charge in [0.1, 0.15) is 0 Å². The molecule has 0 atom stereocenters. The molecule has 1 aliphatic rings. The van der Waals surface area contributed by atoms with Crippen molar-refractivity contribution in [3.63, 3.8) is 0 Å². The number of hydrogen-bond donors (Lipinski definition) is 0.